The predicted molar refractivity (Wildman–Crippen MR) is 72.4 cm³/mol. The second kappa shape index (κ2) is 5.09. The van der Waals surface area contributed by atoms with Gasteiger partial charge >= 0.3 is 0 Å². The molecule has 0 heterocycles. The van der Waals surface area contributed by atoms with Gasteiger partial charge in [0.1, 0.15) is 0 Å². The van der Waals surface area contributed by atoms with Gasteiger partial charge in [-0.2, -0.15) is 0 Å². The summed E-state index contributed by atoms with van der Waals surface area (Å²) in [6.45, 7) is 5.44. The van der Waals surface area contributed by atoms with E-state index in [4.69, 9.17) is 4.74 Å². The van der Waals surface area contributed by atoms with Gasteiger partial charge < -0.3 is 10.1 Å². The van der Waals surface area contributed by atoms with Gasteiger partial charge in [-0.25, -0.2) is 0 Å². The highest BCUT2D eigenvalue weighted by atomic mass is 16.5. The maximum Gasteiger partial charge on any atom is 0.0503 e. The molecule has 0 aliphatic heterocycles. The third kappa shape index (κ3) is 3.01. The standard InChI is InChI=1S/C15H23NO/c1-12(15(2)9-10-15)16-14-7-5-4-6-13(14)8-11-17-3/h4-7,12,16H,8-11H2,1-3H3. The zero-order chi connectivity index (χ0) is 12.3. The molecule has 0 spiro atoms. The van der Waals surface area contributed by atoms with Crippen LogP contribution in [-0.2, 0) is 11.2 Å². The topological polar surface area (TPSA) is 21.3 Å². The Morgan fingerprint density at radius 1 is 1.35 bits per heavy atom. The van der Waals surface area contributed by atoms with E-state index in [1.165, 1.54) is 24.1 Å². The summed E-state index contributed by atoms with van der Waals surface area (Å²) in [5.41, 5.74) is 3.13. The van der Waals surface area contributed by atoms with Gasteiger partial charge in [0.15, 0.2) is 0 Å². The lowest BCUT2D eigenvalue weighted by Crippen LogP contribution is -2.25. The Bertz CT molecular complexity index is 371. The molecule has 1 saturated carbocycles. The van der Waals surface area contributed by atoms with Crippen LogP contribution in [0.3, 0.4) is 0 Å². The van der Waals surface area contributed by atoms with Crippen LogP contribution in [0.5, 0.6) is 0 Å². The minimum absolute atomic E-state index is 0.508. The van der Waals surface area contributed by atoms with E-state index < -0.39 is 0 Å². The zero-order valence-electron chi connectivity index (χ0n) is 11.1. The molecule has 1 aliphatic rings. The summed E-state index contributed by atoms with van der Waals surface area (Å²) in [7, 11) is 1.75. The van der Waals surface area contributed by atoms with E-state index in [9.17, 15) is 0 Å². The summed E-state index contributed by atoms with van der Waals surface area (Å²) < 4.78 is 5.16. The lowest BCUT2D eigenvalue weighted by atomic mass is 9.99. The Labute approximate surface area is 104 Å². The number of benzene rings is 1. The lowest BCUT2D eigenvalue weighted by Gasteiger charge is -2.23. The number of hydrogen-bond donors (Lipinski definition) is 1. The molecule has 1 N–H and O–H groups in total. The van der Waals surface area contributed by atoms with Crippen LogP contribution >= 0.6 is 0 Å². The molecular weight excluding hydrogens is 210 g/mol. The average molecular weight is 233 g/mol. The van der Waals surface area contributed by atoms with Crippen molar-refractivity contribution in [3.63, 3.8) is 0 Å². The molecule has 1 unspecified atom stereocenters. The van der Waals surface area contributed by atoms with Gasteiger partial charge in [-0.1, -0.05) is 25.1 Å². The van der Waals surface area contributed by atoms with Crippen molar-refractivity contribution in [2.75, 3.05) is 19.0 Å². The van der Waals surface area contributed by atoms with Crippen molar-refractivity contribution in [2.24, 2.45) is 5.41 Å². The van der Waals surface area contributed by atoms with Gasteiger partial charge in [-0.15, -0.1) is 0 Å². The first-order valence-electron chi connectivity index (χ1n) is 6.49. The van der Waals surface area contributed by atoms with Crippen LogP contribution in [0, 0.1) is 5.41 Å². The molecule has 0 saturated heterocycles. The highest BCUT2D eigenvalue weighted by Crippen LogP contribution is 2.48. The van der Waals surface area contributed by atoms with Gasteiger partial charge in [-0.05, 0) is 43.2 Å². The van der Waals surface area contributed by atoms with Crippen molar-refractivity contribution < 1.29 is 4.74 Å². The van der Waals surface area contributed by atoms with Gasteiger partial charge in [-0.3, -0.25) is 0 Å². The zero-order valence-corrected chi connectivity index (χ0v) is 11.1. The maximum atomic E-state index is 5.16. The number of ether oxygens (including phenoxy) is 1. The van der Waals surface area contributed by atoms with E-state index in [0.29, 0.717) is 11.5 Å². The normalized spacial score (nSPS) is 18.8. The Morgan fingerprint density at radius 3 is 2.71 bits per heavy atom. The molecule has 0 aromatic heterocycles. The van der Waals surface area contributed by atoms with Crippen molar-refractivity contribution in [3.05, 3.63) is 29.8 Å². The molecule has 1 atom stereocenters. The van der Waals surface area contributed by atoms with Crippen LogP contribution in [0.2, 0.25) is 0 Å². The van der Waals surface area contributed by atoms with Crippen molar-refractivity contribution in [3.8, 4) is 0 Å². The van der Waals surface area contributed by atoms with E-state index in [2.05, 4.69) is 43.4 Å². The van der Waals surface area contributed by atoms with Gasteiger partial charge in [0, 0.05) is 18.8 Å². The Kier molecular flexibility index (Phi) is 3.72. The summed E-state index contributed by atoms with van der Waals surface area (Å²) in [6, 6.07) is 9.10. The van der Waals surface area contributed by atoms with Gasteiger partial charge in [0.25, 0.3) is 0 Å². The van der Waals surface area contributed by atoms with Crippen LogP contribution in [0.4, 0.5) is 5.69 Å². The summed E-state index contributed by atoms with van der Waals surface area (Å²) in [5, 5.41) is 3.67. The van der Waals surface area contributed by atoms with Crippen LogP contribution in [0.1, 0.15) is 32.3 Å². The maximum absolute atomic E-state index is 5.16. The van der Waals surface area contributed by atoms with Gasteiger partial charge in [0.05, 0.1) is 6.61 Å². The summed E-state index contributed by atoms with van der Waals surface area (Å²) in [6.07, 6.45) is 3.67. The quantitative estimate of drug-likeness (QED) is 0.812. The molecule has 17 heavy (non-hydrogen) atoms. The molecule has 2 nitrogen and oxygen atoms in total. The molecular formula is C15H23NO. The molecule has 2 heteroatoms. The van der Waals surface area contributed by atoms with Gasteiger partial charge in [0.2, 0.25) is 0 Å². The van der Waals surface area contributed by atoms with E-state index in [-0.39, 0.29) is 0 Å². The van der Waals surface area contributed by atoms with E-state index in [0.717, 1.165) is 13.0 Å². The largest absolute Gasteiger partial charge is 0.384 e. The first kappa shape index (κ1) is 12.4. The molecule has 0 amide bonds. The first-order chi connectivity index (χ1) is 8.15. The monoisotopic (exact) mass is 233 g/mol. The fourth-order valence-electron chi connectivity index (χ4n) is 2.13. The smallest absolute Gasteiger partial charge is 0.0503 e. The van der Waals surface area contributed by atoms with E-state index in [1.54, 1.807) is 7.11 Å². The number of nitrogens with one attached hydrogen (secondary N) is 1. The van der Waals surface area contributed by atoms with Crippen LogP contribution in [0.25, 0.3) is 0 Å². The number of anilines is 1. The molecule has 1 aromatic rings. The minimum Gasteiger partial charge on any atom is -0.384 e. The highest BCUT2D eigenvalue weighted by Gasteiger charge is 2.42. The van der Waals surface area contributed by atoms with Crippen LogP contribution < -0.4 is 5.32 Å². The molecule has 94 valence electrons. The third-order valence-corrected chi connectivity index (χ3v) is 4.05. The predicted octanol–water partition coefficient (Wildman–Crippen LogP) is 3.48. The number of rotatable bonds is 6. The summed E-state index contributed by atoms with van der Waals surface area (Å²) in [4.78, 5) is 0. The molecule has 1 aliphatic carbocycles. The summed E-state index contributed by atoms with van der Waals surface area (Å²) >= 11 is 0. The van der Waals surface area contributed by atoms with Crippen molar-refractivity contribution in [1.29, 1.82) is 0 Å². The molecule has 1 fully saturated rings. The summed E-state index contributed by atoms with van der Waals surface area (Å²) in [5.74, 6) is 0. The Morgan fingerprint density at radius 2 is 2.06 bits per heavy atom. The number of methoxy groups -OCH3 is 1. The Balaban J connectivity index is 2.03. The molecule has 2 rings (SSSR count). The fourth-order valence-corrected chi connectivity index (χ4v) is 2.13. The van der Waals surface area contributed by atoms with E-state index in [1.807, 2.05) is 0 Å². The van der Waals surface area contributed by atoms with Crippen molar-refractivity contribution >= 4 is 5.69 Å². The highest BCUT2D eigenvalue weighted by molar-refractivity contribution is 5.52. The molecule has 0 radical (unpaired) electrons. The SMILES string of the molecule is COCCc1ccccc1NC(C)C1(C)CC1. The van der Waals surface area contributed by atoms with E-state index >= 15 is 0 Å². The van der Waals surface area contributed by atoms with Crippen molar-refractivity contribution in [1.82, 2.24) is 0 Å². The fraction of sp³-hybridized carbons (Fsp3) is 0.600. The second-order valence-corrected chi connectivity index (χ2v) is 5.42. The van der Waals surface area contributed by atoms with Crippen molar-refractivity contribution in [2.45, 2.75) is 39.2 Å². The van der Waals surface area contributed by atoms with Crippen LogP contribution in [0.15, 0.2) is 24.3 Å². The minimum atomic E-state index is 0.508. The average Bonchev–Trinajstić information content (AvgIpc) is 3.08. The first-order valence-corrected chi connectivity index (χ1v) is 6.49. The number of para-hydroxylation sites is 1. The molecule has 1 aromatic carbocycles. The third-order valence-electron chi connectivity index (χ3n) is 4.05. The second-order valence-electron chi connectivity index (χ2n) is 5.42. The molecule has 0 bridgehead atoms. The Hall–Kier alpha value is -1.02. The van der Waals surface area contributed by atoms with Crippen LogP contribution in [-0.4, -0.2) is 19.8 Å². The number of hydrogen-bond acceptors (Lipinski definition) is 2. The lowest BCUT2D eigenvalue weighted by molar-refractivity contribution is 0.202.